The normalized spacial score (nSPS) is 13.2. The number of carbonyl (C=O) groups is 1. The van der Waals surface area contributed by atoms with Gasteiger partial charge < -0.3 is 14.9 Å². The Morgan fingerprint density at radius 2 is 2.16 bits per heavy atom. The fraction of sp³-hybridized carbons (Fsp3) is 0.364. The molecule has 0 spiro atoms. The van der Waals surface area contributed by atoms with Gasteiger partial charge >= 0.3 is 0 Å². The molecule has 0 fully saturated rings. The molecule has 0 radical (unpaired) electrons. The number of benzene rings is 1. The van der Waals surface area contributed by atoms with Crippen LogP contribution in [0.25, 0.3) is 21.3 Å². The van der Waals surface area contributed by atoms with Crippen LogP contribution in [-0.2, 0) is 36.5 Å². The van der Waals surface area contributed by atoms with E-state index in [2.05, 4.69) is 31.8 Å². The maximum atomic E-state index is 12.5. The van der Waals surface area contributed by atoms with Gasteiger partial charge in [-0.3, -0.25) is 9.59 Å². The van der Waals surface area contributed by atoms with Gasteiger partial charge in [0.1, 0.15) is 16.5 Å². The summed E-state index contributed by atoms with van der Waals surface area (Å²) in [4.78, 5) is 39.2. The molecule has 0 aliphatic heterocycles. The Morgan fingerprint density at radius 3 is 3.03 bits per heavy atom. The number of imidazole rings is 1. The number of rotatable bonds is 7. The van der Waals surface area contributed by atoms with Crippen molar-refractivity contribution in [2.75, 3.05) is 5.75 Å². The minimum atomic E-state index is -0.0572. The highest BCUT2D eigenvalue weighted by molar-refractivity contribution is 7.99. The van der Waals surface area contributed by atoms with E-state index in [1.807, 2.05) is 24.3 Å². The summed E-state index contributed by atoms with van der Waals surface area (Å²) in [6.45, 7) is 3.26. The van der Waals surface area contributed by atoms with E-state index in [1.165, 1.54) is 22.2 Å². The average molecular weight is 454 g/mol. The molecular weight excluding hydrogens is 430 g/mol. The van der Waals surface area contributed by atoms with Crippen molar-refractivity contribution in [3.8, 4) is 0 Å². The third kappa shape index (κ3) is 3.87. The molecule has 3 heterocycles. The molecule has 9 heteroatoms. The first-order valence-electron chi connectivity index (χ1n) is 10.5. The lowest BCUT2D eigenvalue weighted by Crippen LogP contribution is -2.26. The maximum Gasteiger partial charge on any atom is 0.259 e. The molecule has 1 aliphatic carbocycles. The van der Waals surface area contributed by atoms with E-state index in [0.717, 1.165) is 52.9 Å². The molecule has 160 valence electrons. The summed E-state index contributed by atoms with van der Waals surface area (Å²) in [5.74, 6) is 2.22. The highest BCUT2D eigenvalue weighted by atomic mass is 32.2. The molecule has 0 atom stereocenters. The van der Waals surface area contributed by atoms with Crippen LogP contribution in [0.15, 0.2) is 29.1 Å². The lowest BCUT2D eigenvalue weighted by atomic mass is 10.2. The number of aryl methyl sites for hydroxylation is 3. The van der Waals surface area contributed by atoms with Crippen LogP contribution in [0.2, 0.25) is 0 Å². The van der Waals surface area contributed by atoms with Crippen molar-refractivity contribution in [3.63, 3.8) is 0 Å². The number of nitrogens with one attached hydrogen (secondary N) is 2. The third-order valence-corrected chi connectivity index (χ3v) is 7.72. The average Bonchev–Trinajstić information content (AvgIpc) is 3.44. The molecule has 31 heavy (non-hydrogen) atoms. The van der Waals surface area contributed by atoms with Gasteiger partial charge in [0.2, 0.25) is 5.91 Å². The van der Waals surface area contributed by atoms with Gasteiger partial charge in [-0.2, -0.15) is 0 Å². The van der Waals surface area contributed by atoms with E-state index in [-0.39, 0.29) is 11.5 Å². The molecule has 1 amide bonds. The number of carbonyl (C=O) groups excluding carboxylic acids is 1. The van der Waals surface area contributed by atoms with Crippen LogP contribution in [0.3, 0.4) is 0 Å². The van der Waals surface area contributed by atoms with Gasteiger partial charge in [-0.05, 0) is 43.9 Å². The maximum absolute atomic E-state index is 12.5. The second-order valence-electron chi connectivity index (χ2n) is 7.58. The fourth-order valence-electron chi connectivity index (χ4n) is 4.20. The predicted octanol–water partition coefficient (Wildman–Crippen LogP) is 3.39. The van der Waals surface area contributed by atoms with Gasteiger partial charge in [0.25, 0.3) is 5.56 Å². The number of para-hydroxylation sites is 2. The molecule has 5 rings (SSSR count). The number of aromatic amines is 1. The number of hydrogen-bond donors (Lipinski definition) is 2. The van der Waals surface area contributed by atoms with E-state index in [4.69, 9.17) is 0 Å². The molecule has 1 aliphatic rings. The topological polar surface area (TPSA) is 92.7 Å². The smallest absolute Gasteiger partial charge is 0.259 e. The summed E-state index contributed by atoms with van der Waals surface area (Å²) in [6.07, 6.45) is 3.14. The van der Waals surface area contributed by atoms with E-state index < -0.39 is 0 Å². The molecule has 4 aromatic rings. The van der Waals surface area contributed by atoms with E-state index in [9.17, 15) is 9.59 Å². The fourth-order valence-corrected chi connectivity index (χ4v) is 6.20. The lowest BCUT2D eigenvalue weighted by molar-refractivity contribution is -0.118. The van der Waals surface area contributed by atoms with Crippen molar-refractivity contribution in [2.45, 2.75) is 45.0 Å². The third-order valence-electron chi connectivity index (χ3n) is 5.59. The van der Waals surface area contributed by atoms with Crippen molar-refractivity contribution < 1.29 is 4.79 Å². The first-order chi connectivity index (χ1) is 15.1. The van der Waals surface area contributed by atoms with Gasteiger partial charge in [0.15, 0.2) is 0 Å². The molecule has 3 aromatic heterocycles. The first kappa shape index (κ1) is 20.3. The van der Waals surface area contributed by atoms with Crippen molar-refractivity contribution in [2.24, 2.45) is 0 Å². The number of thiophene rings is 1. The van der Waals surface area contributed by atoms with E-state index in [0.29, 0.717) is 23.9 Å². The highest BCUT2D eigenvalue weighted by Crippen LogP contribution is 2.34. The predicted molar refractivity (Wildman–Crippen MR) is 126 cm³/mol. The summed E-state index contributed by atoms with van der Waals surface area (Å²) in [6, 6.07) is 7.98. The summed E-state index contributed by atoms with van der Waals surface area (Å²) in [5, 5.41) is 3.72. The van der Waals surface area contributed by atoms with Crippen LogP contribution in [0.5, 0.6) is 0 Å². The number of fused-ring (bicyclic) bond motifs is 4. The minimum Gasteiger partial charge on any atom is -0.348 e. The number of nitrogens with zero attached hydrogens (tertiary/aromatic N) is 3. The Balaban J connectivity index is 1.19. The van der Waals surface area contributed by atoms with E-state index in [1.54, 1.807) is 11.3 Å². The quantitative estimate of drug-likeness (QED) is 0.447. The molecule has 0 bridgehead atoms. The Bertz CT molecular complexity index is 1340. The Labute approximate surface area is 187 Å². The van der Waals surface area contributed by atoms with Crippen molar-refractivity contribution in [1.82, 2.24) is 24.8 Å². The molecule has 0 saturated carbocycles. The highest BCUT2D eigenvalue weighted by Gasteiger charge is 2.21. The zero-order valence-electron chi connectivity index (χ0n) is 17.2. The summed E-state index contributed by atoms with van der Waals surface area (Å²) in [7, 11) is 0. The number of amides is 1. The Kier molecular flexibility index (Phi) is 5.54. The number of aromatic nitrogens is 4. The van der Waals surface area contributed by atoms with Gasteiger partial charge in [-0.1, -0.05) is 12.1 Å². The Morgan fingerprint density at radius 1 is 1.29 bits per heavy atom. The van der Waals surface area contributed by atoms with Crippen LogP contribution < -0.4 is 10.9 Å². The van der Waals surface area contributed by atoms with Gasteiger partial charge in [0, 0.05) is 11.4 Å². The zero-order chi connectivity index (χ0) is 21.4. The van der Waals surface area contributed by atoms with Gasteiger partial charge in [-0.15, -0.1) is 23.1 Å². The minimum absolute atomic E-state index is 0.0529. The van der Waals surface area contributed by atoms with Crippen LogP contribution in [0.4, 0.5) is 0 Å². The van der Waals surface area contributed by atoms with Gasteiger partial charge in [-0.25, -0.2) is 9.97 Å². The SMILES string of the molecule is CCn1c(CNC(=O)CSCc2nc3sc4c(c3c(=O)[nH]2)CCC4)nc2ccccc21. The molecule has 7 nitrogen and oxygen atoms in total. The number of thioether (sulfide) groups is 1. The molecule has 2 N–H and O–H groups in total. The van der Waals surface area contributed by atoms with Gasteiger partial charge in [0.05, 0.1) is 34.5 Å². The van der Waals surface area contributed by atoms with Crippen LogP contribution in [-0.4, -0.2) is 31.2 Å². The van der Waals surface area contributed by atoms with Crippen LogP contribution in [0.1, 0.15) is 35.4 Å². The van der Waals surface area contributed by atoms with Crippen LogP contribution >= 0.6 is 23.1 Å². The van der Waals surface area contributed by atoms with Crippen molar-refractivity contribution >= 4 is 50.3 Å². The largest absolute Gasteiger partial charge is 0.348 e. The second kappa shape index (κ2) is 8.47. The van der Waals surface area contributed by atoms with Crippen LogP contribution in [0, 0.1) is 0 Å². The first-order valence-corrected chi connectivity index (χ1v) is 12.4. The standard InChI is InChI=1S/C22H23N5O2S2/c1-2-27-15-8-4-3-7-14(15)24-18(27)10-23-19(28)12-30-11-17-25-21(29)20-13-6-5-9-16(13)31-22(20)26-17/h3-4,7-8H,2,5-6,9-12H2,1H3,(H,23,28)(H,25,26,29). The summed E-state index contributed by atoms with van der Waals surface area (Å²) >= 11 is 3.08. The lowest BCUT2D eigenvalue weighted by Gasteiger charge is -2.08. The molecule has 0 unspecified atom stereocenters. The zero-order valence-corrected chi connectivity index (χ0v) is 18.9. The molecule has 0 saturated heterocycles. The van der Waals surface area contributed by atoms with Crippen molar-refractivity contribution in [1.29, 1.82) is 0 Å². The second-order valence-corrected chi connectivity index (χ2v) is 9.65. The van der Waals surface area contributed by atoms with Crippen molar-refractivity contribution in [3.05, 3.63) is 56.7 Å². The Hall–Kier alpha value is -2.65. The summed E-state index contributed by atoms with van der Waals surface area (Å²) in [5.41, 5.74) is 3.15. The van der Waals surface area contributed by atoms with E-state index >= 15 is 0 Å². The molecular formula is C22H23N5O2S2. The molecule has 1 aromatic carbocycles. The monoisotopic (exact) mass is 453 g/mol. The number of hydrogen-bond acceptors (Lipinski definition) is 6. The summed E-state index contributed by atoms with van der Waals surface area (Å²) < 4.78 is 2.12. The number of H-pyrrole nitrogens is 1.